The van der Waals surface area contributed by atoms with Crippen LogP contribution >= 0.6 is 0 Å². The Balaban J connectivity index is 1.45. The molecule has 1 unspecified atom stereocenters. The SMILES string of the molecule is CC(C)Oc1ccc(NC2N(N)COOCN2Cc2ccc(C3CC3)cc2)cc1. The van der Waals surface area contributed by atoms with Gasteiger partial charge in [0, 0.05) is 12.2 Å². The molecule has 1 atom stereocenters. The van der Waals surface area contributed by atoms with Crippen LogP contribution < -0.4 is 15.9 Å². The summed E-state index contributed by atoms with van der Waals surface area (Å²) in [5.74, 6) is 7.84. The minimum atomic E-state index is -0.280. The van der Waals surface area contributed by atoms with Crippen molar-refractivity contribution >= 4 is 5.69 Å². The highest BCUT2D eigenvalue weighted by Crippen LogP contribution is 2.40. The number of anilines is 1. The second kappa shape index (κ2) is 9.11. The molecule has 7 heteroatoms. The summed E-state index contributed by atoms with van der Waals surface area (Å²) in [6.07, 6.45) is 2.49. The predicted molar refractivity (Wildman–Crippen MR) is 112 cm³/mol. The number of nitrogens with zero attached hydrogens (tertiary/aromatic N) is 2. The summed E-state index contributed by atoms with van der Waals surface area (Å²) in [6.45, 7) is 5.19. The Morgan fingerprint density at radius 2 is 1.72 bits per heavy atom. The average molecular weight is 399 g/mol. The number of nitrogens with two attached hydrogens (primary N) is 1. The van der Waals surface area contributed by atoms with E-state index in [1.54, 1.807) is 5.01 Å². The number of nitrogens with one attached hydrogen (secondary N) is 1. The van der Waals surface area contributed by atoms with Gasteiger partial charge in [0.1, 0.15) is 12.5 Å². The first-order valence-corrected chi connectivity index (χ1v) is 10.2. The van der Waals surface area contributed by atoms with Gasteiger partial charge in [0.25, 0.3) is 0 Å². The molecule has 0 bridgehead atoms. The minimum absolute atomic E-state index is 0.145. The molecule has 156 valence electrons. The number of rotatable bonds is 7. The zero-order valence-electron chi connectivity index (χ0n) is 17.1. The van der Waals surface area contributed by atoms with Gasteiger partial charge in [-0.05, 0) is 68.0 Å². The zero-order chi connectivity index (χ0) is 20.2. The van der Waals surface area contributed by atoms with Gasteiger partial charge < -0.3 is 10.1 Å². The molecule has 1 saturated carbocycles. The molecule has 3 N–H and O–H groups in total. The van der Waals surface area contributed by atoms with Crippen LogP contribution in [0.5, 0.6) is 5.75 Å². The van der Waals surface area contributed by atoms with E-state index in [9.17, 15) is 0 Å². The summed E-state index contributed by atoms with van der Waals surface area (Å²) in [7, 11) is 0. The maximum absolute atomic E-state index is 6.24. The van der Waals surface area contributed by atoms with Crippen molar-refractivity contribution in [2.75, 3.05) is 18.8 Å². The molecule has 2 aliphatic rings. The maximum Gasteiger partial charge on any atom is 0.154 e. The topological polar surface area (TPSA) is 72.2 Å². The van der Waals surface area contributed by atoms with Gasteiger partial charge in [0.2, 0.25) is 0 Å². The lowest BCUT2D eigenvalue weighted by atomic mass is 10.1. The molecule has 29 heavy (non-hydrogen) atoms. The second-order valence-corrected chi connectivity index (χ2v) is 7.98. The fourth-order valence-electron chi connectivity index (χ4n) is 3.46. The molecule has 1 aliphatic heterocycles. The Bertz CT molecular complexity index is 778. The average Bonchev–Trinajstić information content (AvgIpc) is 3.55. The first-order valence-electron chi connectivity index (χ1n) is 10.2. The molecule has 1 heterocycles. The Kier molecular flexibility index (Phi) is 6.32. The highest BCUT2D eigenvalue weighted by molar-refractivity contribution is 5.47. The fraction of sp³-hybridized carbons (Fsp3) is 0.455. The van der Waals surface area contributed by atoms with E-state index in [-0.39, 0.29) is 19.1 Å². The summed E-state index contributed by atoms with van der Waals surface area (Å²) in [5, 5.41) is 5.06. The van der Waals surface area contributed by atoms with Crippen LogP contribution in [0, 0.1) is 0 Å². The quantitative estimate of drug-likeness (QED) is 0.545. The van der Waals surface area contributed by atoms with Crippen molar-refractivity contribution in [3.8, 4) is 5.75 Å². The summed E-state index contributed by atoms with van der Waals surface area (Å²) in [5.41, 5.74) is 3.58. The number of hydrogen-bond acceptors (Lipinski definition) is 7. The van der Waals surface area contributed by atoms with Crippen LogP contribution in [-0.2, 0) is 16.3 Å². The molecule has 4 rings (SSSR count). The normalized spacial score (nSPS) is 21.2. The van der Waals surface area contributed by atoms with E-state index >= 15 is 0 Å². The molecule has 0 amide bonds. The van der Waals surface area contributed by atoms with E-state index < -0.39 is 0 Å². The van der Waals surface area contributed by atoms with Crippen LogP contribution in [0.25, 0.3) is 0 Å². The summed E-state index contributed by atoms with van der Waals surface area (Å²) >= 11 is 0. The fourth-order valence-corrected chi connectivity index (χ4v) is 3.46. The van der Waals surface area contributed by atoms with E-state index in [1.807, 2.05) is 38.1 Å². The summed E-state index contributed by atoms with van der Waals surface area (Å²) in [6, 6.07) is 16.7. The second-order valence-electron chi connectivity index (χ2n) is 7.98. The van der Waals surface area contributed by atoms with Crippen molar-refractivity contribution in [3.63, 3.8) is 0 Å². The van der Waals surface area contributed by atoms with Gasteiger partial charge in [-0.15, -0.1) is 0 Å². The van der Waals surface area contributed by atoms with Crippen molar-refractivity contribution in [2.24, 2.45) is 5.84 Å². The Morgan fingerprint density at radius 1 is 1.03 bits per heavy atom. The Labute approximate surface area is 172 Å². The minimum Gasteiger partial charge on any atom is -0.491 e. The van der Waals surface area contributed by atoms with Crippen molar-refractivity contribution in [1.29, 1.82) is 0 Å². The van der Waals surface area contributed by atoms with Crippen LogP contribution in [-0.4, -0.2) is 35.8 Å². The van der Waals surface area contributed by atoms with Crippen molar-refractivity contribution in [1.82, 2.24) is 9.91 Å². The van der Waals surface area contributed by atoms with E-state index in [2.05, 4.69) is 34.5 Å². The lowest BCUT2D eigenvalue weighted by Crippen LogP contribution is -2.54. The Morgan fingerprint density at radius 3 is 2.38 bits per heavy atom. The van der Waals surface area contributed by atoms with Gasteiger partial charge in [0.05, 0.1) is 6.10 Å². The molecule has 1 saturated heterocycles. The summed E-state index contributed by atoms with van der Waals surface area (Å²) in [4.78, 5) is 12.6. The van der Waals surface area contributed by atoms with E-state index in [0.29, 0.717) is 13.3 Å². The molecule has 1 aliphatic carbocycles. The third-order valence-corrected chi connectivity index (χ3v) is 5.10. The number of ether oxygens (including phenoxy) is 1. The standard InChI is InChI=1S/C22H30N4O3/c1-16(2)29-21-11-9-20(10-12-21)24-22-25(14-27-28-15-26(22)23)13-17-3-5-18(6-4-17)19-7-8-19/h3-6,9-12,16,19,22,24H,7-8,13-15,23H2,1-2H3. The number of hydrazine groups is 1. The molecule has 0 radical (unpaired) electrons. The summed E-state index contributed by atoms with van der Waals surface area (Å²) < 4.78 is 5.72. The van der Waals surface area contributed by atoms with Crippen LogP contribution in [0.2, 0.25) is 0 Å². The number of hydrogen-bond donors (Lipinski definition) is 2. The van der Waals surface area contributed by atoms with Crippen molar-refractivity contribution in [3.05, 3.63) is 59.7 Å². The first-order chi connectivity index (χ1) is 14.1. The third-order valence-electron chi connectivity index (χ3n) is 5.10. The molecule has 7 nitrogen and oxygen atoms in total. The van der Waals surface area contributed by atoms with Gasteiger partial charge in [-0.2, -0.15) is 5.01 Å². The molecule has 2 aromatic carbocycles. The van der Waals surface area contributed by atoms with Crippen LogP contribution in [0.15, 0.2) is 48.5 Å². The monoisotopic (exact) mass is 398 g/mol. The highest BCUT2D eigenvalue weighted by atomic mass is 17.2. The van der Waals surface area contributed by atoms with E-state index in [4.69, 9.17) is 20.4 Å². The molecule has 2 aromatic rings. The zero-order valence-corrected chi connectivity index (χ0v) is 17.1. The lowest BCUT2D eigenvalue weighted by Gasteiger charge is -2.34. The molecular weight excluding hydrogens is 368 g/mol. The van der Waals surface area contributed by atoms with E-state index in [1.165, 1.54) is 24.0 Å². The van der Waals surface area contributed by atoms with Gasteiger partial charge in [-0.25, -0.2) is 14.7 Å². The van der Waals surface area contributed by atoms with E-state index in [0.717, 1.165) is 17.4 Å². The van der Waals surface area contributed by atoms with Gasteiger partial charge in [-0.1, -0.05) is 24.3 Å². The first kappa shape index (κ1) is 20.1. The van der Waals surface area contributed by atoms with Crippen molar-refractivity contribution < 1.29 is 14.5 Å². The lowest BCUT2D eigenvalue weighted by molar-refractivity contribution is -0.314. The van der Waals surface area contributed by atoms with Gasteiger partial charge in [-0.3, -0.25) is 5.84 Å². The van der Waals surface area contributed by atoms with Crippen LogP contribution in [0.4, 0.5) is 5.69 Å². The molecular formula is C22H30N4O3. The largest absolute Gasteiger partial charge is 0.491 e. The Hall–Kier alpha value is -2.16. The van der Waals surface area contributed by atoms with Crippen molar-refractivity contribution in [2.45, 2.75) is 51.5 Å². The third kappa shape index (κ3) is 5.46. The van der Waals surface area contributed by atoms with Crippen LogP contribution in [0.3, 0.4) is 0 Å². The van der Waals surface area contributed by atoms with Gasteiger partial charge >= 0.3 is 0 Å². The predicted octanol–water partition coefficient (Wildman–Crippen LogP) is 3.60. The molecule has 2 fully saturated rings. The molecule has 0 aromatic heterocycles. The molecule has 0 spiro atoms. The highest BCUT2D eigenvalue weighted by Gasteiger charge is 2.28. The van der Waals surface area contributed by atoms with Crippen LogP contribution in [0.1, 0.15) is 43.7 Å². The maximum atomic E-state index is 6.24. The van der Waals surface area contributed by atoms with Gasteiger partial charge in [0.15, 0.2) is 13.0 Å². The smallest absolute Gasteiger partial charge is 0.154 e. The number of benzene rings is 2.